The Labute approximate surface area is 159 Å². The zero-order valence-electron chi connectivity index (χ0n) is 14.8. The average molecular weight is 393 g/mol. The molecule has 0 aliphatic rings. The fourth-order valence-corrected chi connectivity index (χ4v) is 3.59. The molecule has 0 atom stereocenters. The predicted molar refractivity (Wildman–Crippen MR) is 98.7 cm³/mol. The summed E-state index contributed by atoms with van der Waals surface area (Å²) in [6.07, 6.45) is -4.34. The summed E-state index contributed by atoms with van der Waals surface area (Å²) in [5, 5.41) is 9.14. The van der Waals surface area contributed by atoms with Crippen LogP contribution in [0.5, 0.6) is 5.75 Å². The maximum absolute atomic E-state index is 12.9. The lowest BCUT2D eigenvalue weighted by Crippen LogP contribution is -2.05. The van der Waals surface area contributed by atoms with Crippen LogP contribution < -0.4 is 4.74 Å². The molecule has 8 heteroatoms. The second kappa shape index (κ2) is 8.04. The molecule has 0 fully saturated rings. The average Bonchev–Trinajstić information content (AvgIpc) is 3.09. The minimum absolute atomic E-state index is 0.375. The van der Waals surface area contributed by atoms with Crippen LogP contribution in [0.3, 0.4) is 0 Å². The summed E-state index contributed by atoms with van der Waals surface area (Å²) in [5.41, 5.74) is 0.813. The molecule has 0 saturated heterocycles. The molecule has 1 aromatic heterocycles. The molecule has 0 spiro atoms. The van der Waals surface area contributed by atoms with Crippen molar-refractivity contribution in [3.8, 4) is 17.1 Å². The lowest BCUT2D eigenvalue weighted by atomic mass is 10.1. The van der Waals surface area contributed by atoms with Crippen molar-refractivity contribution >= 4 is 11.8 Å². The van der Waals surface area contributed by atoms with Gasteiger partial charge in [0.2, 0.25) is 0 Å². The van der Waals surface area contributed by atoms with E-state index in [2.05, 4.69) is 10.2 Å². The largest absolute Gasteiger partial charge is 0.497 e. The first-order valence-electron chi connectivity index (χ1n) is 8.29. The number of ether oxygens (including phenoxy) is 1. The molecule has 4 nitrogen and oxygen atoms in total. The van der Waals surface area contributed by atoms with Gasteiger partial charge in [-0.1, -0.05) is 42.1 Å². The Bertz CT molecular complexity index is 925. The van der Waals surface area contributed by atoms with Crippen LogP contribution in [0, 0.1) is 0 Å². The van der Waals surface area contributed by atoms with E-state index in [1.165, 1.54) is 23.9 Å². The molecular weight excluding hydrogens is 375 g/mol. The number of nitrogens with zero attached hydrogens (tertiary/aromatic N) is 3. The Hall–Kier alpha value is -2.48. The van der Waals surface area contributed by atoms with E-state index >= 15 is 0 Å². The van der Waals surface area contributed by atoms with E-state index in [1.54, 1.807) is 13.2 Å². The second-order valence-corrected chi connectivity index (χ2v) is 6.71. The summed E-state index contributed by atoms with van der Waals surface area (Å²) in [6, 6.07) is 12.9. The quantitative estimate of drug-likeness (QED) is 0.534. The first kappa shape index (κ1) is 19.3. The highest BCUT2D eigenvalue weighted by atomic mass is 32.2. The molecule has 3 aromatic rings. The molecule has 0 unspecified atom stereocenters. The van der Waals surface area contributed by atoms with Crippen LogP contribution in [0.4, 0.5) is 13.2 Å². The highest BCUT2D eigenvalue weighted by molar-refractivity contribution is 7.98. The molecule has 0 aliphatic carbocycles. The standard InChI is InChI=1S/C19H18F3N3OS/c1-3-25-17(14-7-5-9-16(11-14)26-2)23-24-18(25)27-12-13-6-4-8-15(10-13)19(20,21)22/h4-11H,3,12H2,1-2H3. The predicted octanol–water partition coefficient (Wildman–Crippen LogP) is 5.28. The summed E-state index contributed by atoms with van der Waals surface area (Å²) in [6.45, 7) is 2.62. The number of rotatable bonds is 6. The summed E-state index contributed by atoms with van der Waals surface area (Å²) in [7, 11) is 1.60. The van der Waals surface area contributed by atoms with Crippen molar-refractivity contribution in [3.63, 3.8) is 0 Å². The maximum atomic E-state index is 12.9. The molecule has 2 aromatic carbocycles. The van der Waals surface area contributed by atoms with E-state index in [4.69, 9.17) is 4.74 Å². The van der Waals surface area contributed by atoms with Crippen molar-refractivity contribution in [2.75, 3.05) is 7.11 Å². The van der Waals surface area contributed by atoms with Crippen LogP contribution in [-0.4, -0.2) is 21.9 Å². The van der Waals surface area contributed by atoms with E-state index in [1.807, 2.05) is 35.8 Å². The van der Waals surface area contributed by atoms with Crippen LogP contribution in [0.25, 0.3) is 11.4 Å². The van der Waals surface area contributed by atoms with Crippen LogP contribution >= 0.6 is 11.8 Å². The van der Waals surface area contributed by atoms with Gasteiger partial charge in [-0.15, -0.1) is 10.2 Å². The van der Waals surface area contributed by atoms with Crippen molar-refractivity contribution in [3.05, 3.63) is 59.7 Å². The zero-order valence-corrected chi connectivity index (χ0v) is 15.6. The lowest BCUT2D eigenvalue weighted by molar-refractivity contribution is -0.137. The number of halogens is 3. The van der Waals surface area contributed by atoms with Crippen molar-refractivity contribution in [2.24, 2.45) is 0 Å². The van der Waals surface area contributed by atoms with Crippen molar-refractivity contribution in [2.45, 2.75) is 30.6 Å². The summed E-state index contributed by atoms with van der Waals surface area (Å²) in [4.78, 5) is 0. The van der Waals surface area contributed by atoms with Crippen molar-refractivity contribution in [1.29, 1.82) is 0 Å². The van der Waals surface area contributed by atoms with Gasteiger partial charge in [-0.25, -0.2) is 0 Å². The molecule has 1 heterocycles. The Morgan fingerprint density at radius 2 is 1.85 bits per heavy atom. The molecule has 0 bridgehead atoms. The van der Waals surface area contributed by atoms with Crippen LogP contribution in [0.2, 0.25) is 0 Å². The van der Waals surface area contributed by atoms with Gasteiger partial charge in [0.05, 0.1) is 12.7 Å². The number of thioether (sulfide) groups is 1. The smallest absolute Gasteiger partial charge is 0.416 e. The molecule has 27 heavy (non-hydrogen) atoms. The first-order chi connectivity index (χ1) is 12.9. The van der Waals surface area contributed by atoms with Gasteiger partial charge >= 0.3 is 6.18 Å². The van der Waals surface area contributed by atoms with Crippen LogP contribution in [0.15, 0.2) is 53.7 Å². The van der Waals surface area contributed by atoms with Gasteiger partial charge in [0, 0.05) is 17.9 Å². The Morgan fingerprint density at radius 3 is 2.56 bits per heavy atom. The topological polar surface area (TPSA) is 39.9 Å². The number of benzene rings is 2. The third-order valence-electron chi connectivity index (χ3n) is 3.98. The maximum Gasteiger partial charge on any atom is 0.416 e. The van der Waals surface area contributed by atoms with E-state index < -0.39 is 11.7 Å². The molecule has 0 aliphatic heterocycles. The third kappa shape index (κ3) is 4.44. The number of alkyl halides is 3. The summed E-state index contributed by atoms with van der Waals surface area (Å²) >= 11 is 1.36. The molecule has 0 radical (unpaired) electrons. The highest BCUT2D eigenvalue weighted by Gasteiger charge is 2.30. The monoisotopic (exact) mass is 393 g/mol. The van der Waals surface area contributed by atoms with E-state index in [0.717, 1.165) is 17.4 Å². The molecule has 0 amide bonds. The number of hydrogen-bond donors (Lipinski definition) is 0. The van der Waals surface area contributed by atoms with E-state index in [9.17, 15) is 13.2 Å². The Kier molecular flexibility index (Phi) is 5.74. The van der Waals surface area contributed by atoms with Gasteiger partial charge in [0.15, 0.2) is 11.0 Å². The Morgan fingerprint density at radius 1 is 1.07 bits per heavy atom. The molecule has 3 rings (SSSR count). The first-order valence-corrected chi connectivity index (χ1v) is 9.27. The van der Waals surface area contributed by atoms with Gasteiger partial charge in [0.25, 0.3) is 0 Å². The van der Waals surface area contributed by atoms with Gasteiger partial charge < -0.3 is 9.30 Å². The fourth-order valence-electron chi connectivity index (χ4n) is 2.64. The van der Waals surface area contributed by atoms with E-state index in [-0.39, 0.29) is 0 Å². The summed E-state index contributed by atoms with van der Waals surface area (Å²) in [5.74, 6) is 1.79. The highest BCUT2D eigenvalue weighted by Crippen LogP contribution is 2.32. The molecule has 0 N–H and O–H groups in total. The zero-order chi connectivity index (χ0) is 19.4. The van der Waals surface area contributed by atoms with Gasteiger partial charge in [0.1, 0.15) is 5.75 Å². The van der Waals surface area contributed by atoms with Crippen molar-refractivity contribution in [1.82, 2.24) is 14.8 Å². The third-order valence-corrected chi connectivity index (χ3v) is 5.02. The molecule has 0 saturated carbocycles. The Balaban J connectivity index is 1.81. The van der Waals surface area contributed by atoms with Crippen LogP contribution in [-0.2, 0) is 18.5 Å². The second-order valence-electron chi connectivity index (χ2n) is 5.77. The molecular formula is C19H18F3N3OS. The van der Waals surface area contributed by atoms with Crippen molar-refractivity contribution < 1.29 is 17.9 Å². The number of hydrogen-bond acceptors (Lipinski definition) is 4. The lowest BCUT2D eigenvalue weighted by Gasteiger charge is -2.10. The number of methoxy groups -OCH3 is 1. The minimum atomic E-state index is -4.34. The SMILES string of the molecule is CCn1c(SCc2cccc(C(F)(F)F)c2)nnc1-c1cccc(OC)c1. The van der Waals surface area contributed by atoms with Crippen LogP contribution in [0.1, 0.15) is 18.1 Å². The summed E-state index contributed by atoms with van der Waals surface area (Å²) < 4.78 is 45.8. The van der Waals surface area contributed by atoms with Gasteiger partial charge in [-0.3, -0.25) is 0 Å². The minimum Gasteiger partial charge on any atom is -0.497 e. The molecule has 142 valence electrons. The fraction of sp³-hybridized carbons (Fsp3) is 0.263. The normalized spacial score (nSPS) is 11.6. The van der Waals surface area contributed by atoms with E-state index in [0.29, 0.717) is 28.8 Å². The van der Waals surface area contributed by atoms with Gasteiger partial charge in [-0.2, -0.15) is 13.2 Å². The van der Waals surface area contributed by atoms with Gasteiger partial charge in [-0.05, 0) is 30.7 Å². The number of aromatic nitrogens is 3.